The fourth-order valence-electron chi connectivity index (χ4n) is 3.06. The van der Waals surface area contributed by atoms with Crippen LogP contribution in [0.1, 0.15) is 31.1 Å². The Balaban J connectivity index is 1.57. The van der Waals surface area contributed by atoms with Gasteiger partial charge in [0, 0.05) is 31.5 Å². The van der Waals surface area contributed by atoms with Crippen molar-refractivity contribution < 1.29 is 23.5 Å². The maximum Gasteiger partial charge on any atom is 0.313 e. The molecule has 148 valence electrons. The topological polar surface area (TPSA) is 101 Å². The van der Waals surface area contributed by atoms with Gasteiger partial charge in [-0.3, -0.25) is 14.4 Å². The van der Waals surface area contributed by atoms with Gasteiger partial charge in [-0.25, -0.2) is 0 Å². The first-order valence-corrected chi connectivity index (χ1v) is 9.14. The molecule has 2 heterocycles. The highest BCUT2D eigenvalue weighted by atomic mass is 16.5. The SMILES string of the molecule is CO[C@@H](CNC(=O)C(=O)Nc1cccc(N2CCCCC2=O)c1)c1ccco1. The van der Waals surface area contributed by atoms with E-state index >= 15 is 0 Å². The molecule has 1 aromatic carbocycles. The Hall–Kier alpha value is -3.13. The number of carbonyl (C=O) groups is 3. The summed E-state index contributed by atoms with van der Waals surface area (Å²) in [5.41, 5.74) is 1.16. The number of rotatable bonds is 6. The van der Waals surface area contributed by atoms with Gasteiger partial charge in [0.05, 0.1) is 12.8 Å². The van der Waals surface area contributed by atoms with Crippen LogP contribution in [0.3, 0.4) is 0 Å². The second-order valence-electron chi connectivity index (χ2n) is 6.46. The van der Waals surface area contributed by atoms with Gasteiger partial charge in [-0.2, -0.15) is 0 Å². The van der Waals surface area contributed by atoms with Crippen LogP contribution in [0.2, 0.25) is 0 Å². The standard InChI is InChI=1S/C20H23N3O5/c1-27-17(16-8-5-11-28-16)13-21-19(25)20(26)22-14-6-4-7-15(12-14)23-10-3-2-9-18(23)24/h4-8,11-12,17H,2-3,9-10,13H2,1H3,(H,21,25)(H,22,26)/t17-/m0/s1. The number of hydrogen-bond donors (Lipinski definition) is 2. The minimum absolute atomic E-state index is 0.0657. The third-order valence-electron chi connectivity index (χ3n) is 4.54. The van der Waals surface area contributed by atoms with E-state index in [9.17, 15) is 14.4 Å². The lowest BCUT2D eigenvalue weighted by Crippen LogP contribution is -2.38. The first-order chi connectivity index (χ1) is 13.6. The van der Waals surface area contributed by atoms with Crippen molar-refractivity contribution in [1.82, 2.24) is 5.32 Å². The number of nitrogens with one attached hydrogen (secondary N) is 2. The molecule has 1 saturated heterocycles. The highest BCUT2D eigenvalue weighted by Crippen LogP contribution is 2.24. The fourth-order valence-corrected chi connectivity index (χ4v) is 3.06. The second-order valence-corrected chi connectivity index (χ2v) is 6.46. The molecule has 0 radical (unpaired) electrons. The average molecular weight is 385 g/mol. The normalized spacial score (nSPS) is 15.2. The minimum Gasteiger partial charge on any atom is -0.467 e. The van der Waals surface area contributed by atoms with Crippen molar-refractivity contribution in [2.75, 3.05) is 30.4 Å². The lowest BCUT2D eigenvalue weighted by molar-refractivity contribution is -0.136. The van der Waals surface area contributed by atoms with E-state index in [1.165, 1.54) is 13.4 Å². The van der Waals surface area contributed by atoms with E-state index in [-0.39, 0.29) is 12.5 Å². The van der Waals surface area contributed by atoms with Gasteiger partial charge in [0.25, 0.3) is 0 Å². The van der Waals surface area contributed by atoms with Gasteiger partial charge in [-0.1, -0.05) is 6.07 Å². The Morgan fingerprint density at radius 3 is 2.79 bits per heavy atom. The number of furan rings is 1. The molecular formula is C20H23N3O5. The molecule has 3 rings (SSSR count). The van der Waals surface area contributed by atoms with Crippen molar-refractivity contribution in [3.05, 3.63) is 48.4 Å². The van der Waals surface area contributed by atoms with Crippen LogP contribution in [0.25, 0.3) is 0 Å². The van der Waals surface area contributed by atoms with Gasteiger partial charge < -0.3 is 24.7 Å². The van der Waals surface area contributed by atoms with E-state index in [0.717, 1.165) is 12.8 Å². The average Bonchev–Trinajstić information content (AvgIpc) is 3.23. The summed E-state index contributed by atoms with van der Waals surface area (Å²) < 4.78 is 10.5. The second kappa shape index (κ2) is 9.18. The molecule has 1 fully saturated rings. The van der Waals surface area contributed by atoms with Crippen LogP contribution in [0.15, 0.2) is 47.1 Å². The molecule has 0 aliphatic carbocycles. The zero-order valence-electron chi connectivity index (χ0n) is 15.6. The molecule has 28 heavy (non-hydrogen) atoms. The number of benzene rings is 1. The molecule has 0 bridgehead atoms. The number of methoxy groups -OCH3 is 1. The lowest BCUT2D eigenvalue weighted by atomic mass is 10.1. The number of amides is 3. The molecular weight excluding hydrogens is 362 g/mol. The Kier molecular flexibility index (Phi) is 6.44. The zero-order valence-corrected chi connectivity index (χ0v) is 15.6. The van der Waals surface area contributed by atoms with E-state index in [1.807, 2.05) is 6.07 Å². The molecule has 1 atom stereocenters. The molecule has 8 heteroatoms. The first-order valence-electron chi connectivity index (χ1n) is 9.14. The Labute approximate surface area is 162 Å². The summed E-state index contributed by atoms with van der Waals surface area (Å²) in [6.45, 7) is 0.750. The van der Waals surface area contributed by atoms with Crippen LogP contribution >= 0.6 is 0 Å². The van der Waals surface area contributed by atoms with Gasteiger partial charge in [0.15, 0.2) is 0 Å². The predicted molar refractivity (Wildman–Crippen MR) is 103 cm³/mol. The summed E-state index contributed by atoms with van der Waals surface area (Å²) in [5.74, 6) is -0.956. The van der Waals surface area contributed by atoms with E-state index in [0.29, 0.717) is 30.1 Å². The van der Waals surface area contributed by atoms with Crippen LogP contribution in [-0.2, 0) is 19.1 Å². The third-order valence-corrected chi connectivity index (χ3v) is 4.54. The molecule has 1 aromatic heterocycles. The van der Waals surface area contributed by atoms with E-state index in [1.54, 1.807) is 35.2 Å². The van der Waals surface area contributed by atoms with Gasteiger partial charge in [0.2, 0.25) is 5.91 Å². The quantitative estimate of drug-likeness (QED) is 0.743. The molecule has 1 aliphatic rings. The Morgan fingerprint density at radius 2 is 2.07 bits per heavy atom. The monoisotopic (exact) mass is 385 g/mol. The number of carbonyl (C=O) groups excluding carboxylic acids is 3. The molecule has 0 spiro atoms. The molecule has 2 aromatic rings. The predicted octanol–water partition coefficient (Wildman–Crippen LogP) is 2.24. The summed E-state index contributed by atoms with van der Waals surface area (Å²) in [5, 5.41) is 5.09. The molecule has 2 N–H and O–H groups in total. The van der Waals surface area contributed by atoms with Crippen LogP contribution in [0.4, 0.5) is 11.4 Å². The summed E-state index contributed by atoms with van der Waals surface area (Å²) in [6.07, 6.45) is 3.39. The van der Waals surface area contributed by atoms with E-state index < -0.39 is 17.9 Å². The summed E-state index contributed by atoms with van der Waals surface area (Å²) in [7, 11) is 1.49. The number of nitrogens with zero attached hydrogens (tertiary/aromatic N) is 1. The minimum atomic E-state index is -0.795. The highest BCUT2D eigenvalue weighted by Gasteiger charge is 2.21. The summed E-state index contributed by atoms with van der Waals surface area (Å²) in [4.78, 5) is 38.1. The molecule has 8 nitrogen and oxygen atoms in total. The van der Waals surface area contributed by atoms with E-state index in [4.69, 9.17) is 9.15 Å². The lowest BCUT2D eigenvalue weighted by Gasteiger charge is -2.27. The van der Waals surface area contributed by atoms with Crippen molar-refractivity contribution >= 4 is 29.1 Å². The molecule has 0 saturated carbocycles. The fraction of sp³-hybridized carbons (Fsp3) is 0.350. The van der Waals surface area contributed by atoms with Gasteiger partial charge in [-0.15, -0.1) is 0 Å². The number of ether oxygens (including phenoxy) is 1. The van der Waals surface area contributed by atoms with Crippen molar-refractivity contribution in [3.63, 3.8) is 0 Å². The van der Waals surface area contributed by atoms with Gasteiger partial charge in [0.1, 0.15) is 11.9 Å². The number of piperidine rings is 1. The molecule has 0 unspecified atom stereocenters. The zero-order chi connectivity index (χ0) is 19.9. The summed E-state index contributed by atoms with van der Waals surface area (Å²) >= 11 is 0. The van der Waals surface area contributed by atoms with Crippen LogP contribution in [0, 0.1) is 0 Å². The largest absolute Gasteiger partial charge is 0.467 e. The molecule has 3 amide bonds. The first kappa shape index (κ1) is 19.6. The van der Waals surface area contributed by atoms with Gasteiger partial charge in [-0.05, 0) is 43.2 Å². The van der Waals surface area contributed by atoms with Crippen molar-refractivity contribution in [1.29, 1.82) is 0 Å². The Bertz CT molecular complexity index is 834. The van der Waals surface area contributed by atoms with E-state index in [2.05, 4.69) is 10.6 Å². The smallest absolute Gasteiger partial charge is 0.313 e. The Morgan fingerprint density at radius 1 is 1.21 bits per heavy atom. The number of hydrogen-bond acceptors (Lipinski definition) is 5. The van der Waals surface area contributed by atoms with Crippen molar-refractivity contribution in [2.24, 2.45) is 0 Å². The van der Waals surface area contributed by atoms with Gasteiger partial charge >= 0.3 is 11.8 Å². The molecule has 1 aliphatic heterocycles. The third kappa shape index (κ3) is 4.77. The van der Waals surface area contributed by atoms with Crippen molar-refractivity contribution in [2.45, 2.75) is 25.4 Å². The van der Waals surface area contributed by atoms with Crippen molar-refractivity contribution in [3.8, 4) is 0 Å². The van der Waals surface area contributed by atoms with Crippen LogP contribution in [0.5, 0.6) is 0 Å². The highest BCUT2D eigenvalue weighted by molar-refractivity contribution is 6.39. The maximum atomic E-state index is 12.2. The maximum absolute atomic E-state index is 12.2. The van der Waals surface area contributed by atoms with Crippen LogP contribution in [-0.4, -0.2) is 37.9 Å². The number of anilines is 2. The van der Waals surface area contributed by atoms with Crippen LogP contribution < -0.4 is 15.5 Å². The summed E-state index contributed by atoms with van der Waals surface area (Å²) in [6, 6.07) is 10.4.